The Morgan fingerprint density at radius 2 is 2.58 bits per heavy atom. The van der Waals surface area contributed by atoms with Gasteiger partial charge in [-0.3, -0.25) is 10.1 Å². The average Bonchev–Trinajstić information content (AvgIpc) is 2.57. The highest BCUT2D eigenvalue weighted by atomic mass is 16.5. The van der Waals surface area contributed by atoms with Crippen molar-refractivity contribution in [3.8, 4) is 0 Å². The van der Waals surface area contributed by atoms with Crippen molar-refractivity contribution in [3.05, 3.63) is 0 Å². The molecule has 5 heteroatoms. The van der Waals surface area contributed by atoms with E-state index in [-0.39, 0.29) is 5.91 Å². The number of nitrogens with one attached hydrogen (secondary N) is 1. The van der Waals surface area contributed by atoms with Crippen LogP contribution in [0.15, 0.2) is 0 Å². The molecule has 2 N–H and O–H groups in total. The van der Waals surface area contributed by atoms with Gasteiger partial charge in [0.1, 0.15) is 5.54 Å². The van der Waals surface area contributed by atoms with Crippen LogP contribution in [0.1, 0.15) is 6.42 Å². The number of amides is 1. The maximum atomic E-state index is 11.6. The van der Waals surface area contributed by atoms with Gasteiger partial charge in [0, 0.05) is 20.1 Å². The van der Waals surface area contributed by atoms with Gasteiger partial charge in [0.25, 0.3) is 0 Å². The van der Waals surface area contributed by atoms with E-state index in [9.17, 15) is 9.90 Å². The molecular formula is C7H12N2O3. The average molecular weight is 172 g/mol. The normalized spacial score (nSPS) is 41.7. The van der Waals surface area contributed by atoms with Crippen LogP contribution in [0.25, 0.3) is 0 Å². The van der Waals surface area contributed by atoms with Crippen molar-refractivity contribution in [2.45, 2.75) is 18.3 Å². The van der Waals surface area contributed by atoms with Crippen molar-refractivity contribution in [3.63, 3.8) is 0 Å². The minimum Gasteiger partial charge on any atom is -0.379 e. The highest BCUT2D eigenvalue weighted by Gasteiger charge is 2.51. The number of rotatable bonds is 0. The number of likely N-dealkylation sites (N-methyl/N-ethyl adjacent to an activating group) is 1. The van der Waals surface area contributed by atoms with Crippen LogP contribution in [-0.2, 0) is 9.53 Å². The number of aliphatic hydroxyl groups is 1. The quantitative estimate of drug-likeness (QED) is 0.466. The first-order valence-electron chi connectivity index (χ1n) is 3.96. The largest absolute Gasteiger partial charge is 0.379 e. The molecule has 0 aliphatic carbocycles. The Bertz CT molecular complexity index is 213. The summed E-state index contributed by atoms with van der Waals surface area (Å²) in [6.45, 7) is 0.951. The standard InChI is InChI=1S/C7H12N2O3/c1-9-5(10)7(8-6(9)11)2-3-12-4-7/h6,8,11H,2-4H2,1H3. The molecule has 0 radical (unpaired) electrons. The lowest BCUT2D eigenvalue weighted by molar-refractivity contribution is -0.134. The maximum Gasteiger partial charge on any atom is 0.248 e. The molecule has 0 aromatic rings. The molecule has 2 saturated heterocycles. The number of carbonyl (C=O) groups excluding carboxylic acids is 1. The lowest BCUT2D eigenvalue weighted by Gasteiger charge is -2.17. The molecule has 1 amide bonds. The molecule has 2 rings (SSSR count). The molecule has 12 heavy (non-hydrogen) atoms. The zero-order chi connectivity index (χ0) is 8.77. The summed E-state index contributed by atoms with van der Waals surface area (Å²) in [6, 6.07) is 0. The van der Waals surface area contributed by atoms with E-state index in [0.29, 0.717) is 19.6 Å². The fourth-order valence-electron chi connectivity index (χ4n) is 1.70. The molecule has 2 aliphatic heterocycles. The lowest BCUT2D eigenvalue weighted by Crippen LogP contribution is -2.48. The molecule has 1 spiro atoms. The number of hydrogen-bond acceptors (Lipinski definition) is 4. The van der Waals surface area contributed by atoms with E-state index in [0.717, 1.165) is 0 Å². The highest BCUT2D eigenvalue weighted by molar-refractivity contribution is 5.88. The molecule has 2 heterocycles. The van der Waals surface area contributed by atoms with Crippen LogP contribution in [0.3, 0.4) is 0 Å². The summed E-state index contributed by atoms with van der Waals surface area (Å²) in [7, 11) is 1.58. The molecule has 2 aliphatic rings. The molecule has 2 fully saturated rings. The number of aliphatic hydroxyl groups excluding tert-OH is 1. The monoisotopic (exact) mass is 172 g/mol. The van der Waals surface area contributed by atoms with Crippen molar-refractivity contribution >= 4 is 5.91 Å². The van der Waals surface area contributed by atoms with Crippen LogP contribution in [-0.4, -0.2) is 48.1 Å². The molecule has 2 unspecified atom stereocenters. The molecule has 2 atom stereocenters. The summed E-state index contributed by atoms with van der Waals surface area (Å²) < 4.78 is 5.13. The molecule has 0 saturated carbocycles. The first kappa shape index (κ1) is 7.97. The van der Waals surface area contributed by atoms with E-state index in [1.807, 2.05) is 0 Å². The smallest absolute Gasteiger partial charge is 0.248 e. The third-order valence-electron chi connectivity index (χ3n) is 2.52. The van der Waals surface area contributed by atoms with Gasteiger partial charge >= 0.3 is 0 Å². The lowest BCUT2D eigenvalue weighted by atomic mass is 9.99. The van der Waals surface area contributed by atoms with Gasteiger partial charge in [-0.05, 0) is 0 Å². The third-order valence-corrected chi connectivity index (χ3v) is 2.52. The van der Waals surface area contributed by atoms with Gasteiger partial charge < -0.3 is 14.7 Å². The van der Waals surface area contributed by atoms with Gasteiger partial charge in [-0.15, -0.1) is 0 Å². The molecule has 0 aromatic heterocycles. The second-order valence-corrected chi connectivity index (χ2v) is 3.32. The van der Waals surface area contributed by atoms with Crippen molar-refractivity contribution in [1.82, 2.24) is 10.2 Å². The zero-order valence-corrected chi connectivity index (χ0v) is 6.91. The minimum atomic E-state index is -0.862. The Hall–Kier alpha value is -0.650. The van der Waals surface area contributed by atoms with Gasteiger partial charge in [-0.2, -0.15) is 0 Å². The van der Waals surface area contributed by atoms with Crippen molar-refractivity contribution in [2.75, 3.05) is 20.3 Å². The van der Waals surface area contributed by atoms with E-state index in [1.165, 1.54) is 4.90 Å². The van der Waals surface area contributed by atoms with Gasteiger partial charge in [0.15, 0.2) is 6.35 Å². The Balaban J connectivity index is 2.23. The van der Waals surface area contributed by atoms with E-state index in [1.54, 1.807) is 7.05 Å². The number of nitrogens with zero attached hydrogens (tertiary/aromatic N) is 1. The van der Waals surface area contributed by atoms with E-state index >= 15 is 0 Å². The maximum absolute atomic E-state index is 11.6. The first-order chi connectivity index (χ1) is 5.66. The molecular weight excluding hydrogens is 160 g/mol. The van der Waals surface area contributed by atoms with Crippen LogP contribution >= 0.6 is 0 Å². The van der Waals surface area contributed by atoms with E-state index in [2.05, 4.69) is 5.32 Å². The van der Waals surface area contributed by atoms with Crippen LogP contribution in [0.5, 0.6) is 0 Å². The topological polar surface area (TPSA) is 61.8 Å². The summed E-state index contributed by atoms with van der Waals surface area (Å²) >= 11 is 0. The third kappa shape index (κ3) is 0.872. The van der Waals surface area contributed by atoms with Crippen molar-refractivity contribution in [1.29, 1.82) is 0 Å². The second kappa shape index (κ2) is 2.42. The minimum absolute atomic E-state index is 0.0764. The molecule has 0 bridgehead atoms. The number of carbonyl (C=O) groups is 1. The summed E-state index contributed by atoms with van der Waals surface area (Å²) in [5, 5.41) is 12.2. The summed E-state index contributed by atoms with van der Waals surface area (Å²) in [5.74, 6) is -0.0764. The highest BCUT2D eigenvalue weighted by Crippen LogP contribution is 2.26. The molecule has 0 aromatic carbocycles. The van der Waals surface area contributed by atoms with Crippen molar-refractivity contribution in [2.24, 2.45) is 0 Å². The second-order valence-electron chi connectivity index (χ2n) is 3.32. The van der Waals surface area contributed by atoms with E-state index in [4.69, 9.17) is 4.74 Å². The fraction of sp³-hybridized carbons (Fsp3) is 0.857. The van der Waals surface area contributed by atoms with Crippen LogP contribution in [0, 0.1) is 0 Å². The first-order valence-corrected chi connectivity index (χ1v) is 3.96. The summed E-state index contributed by atoms with van der Waals surface area (Å²) in [4.78, 5) is 12.9. The number of hydrogen-bond donors (Lipinski definition) is 2. The predicted molar refractivity (Wildman–Crippen MR) is 40.1 cm³/mol. The Morgan fingerprint density at radius 1 is 1.83 bits per heavy atom. The molecule has 5 nitrogen and oxygen atoms in total. The van der Waals surface area contributed by atoms with Crippen LogP contribution < -0.4 is 5.32 Å². The summed E-state index contributed by atoms with van der Waals surface area (Å²) in [5.41, 5.74) is -0.645. The fourth-order valence-corrected chi connectivity index (χ4v) is 1.70. The van der Waals surface area contributed by atoms with Crippen molar-refractivity contribution < 1.29 is 14.6 Å². The SMILES string of the molecule is CN1C(=O)C2(CCOC2)NC1O. The molecule has 68 valence electrons. The zero-order valence-electron chi connectivity index (χ0n) is 6.91. The number of ether oxygens (including phenoxy) is 1. The Labute approximate surface area is 70.3 Å². The van der Waals surface area contributed by atoms with Crippen LogP contribution in [0.2, 0.25) is 0 Å². The van der Waals surface area contributed by atoms with Crippen LogP contribution in [0.4, 0.5) is 0 Å². The Morgan fingerprint density at radius 3 is 3.00 bits per heavy atom. The van der Waals surface area contributed by atoms with Gasteiger partial charge in [0.05, 0.1) is 6.61 Å². The Kier molecular flexibility index (Phi) is 1.61. The summed E-state index contributed by atoms with van der Waals surface area (Å²) in [6.07, 6.45) is -0.216. The van der Waals surface area contributed by atoms with E-state index < -0.39 is 11.9 Å². The predicted octanol–water partition coefficient (Wildman–Crippen LogP) is -1.52. The van der Waals surface area contributed by atoms with Gasteiger partial charge in [-0.25, -0.2) is 0 Å². The van der Waals surface area contributed by atoms with Gasteiger partial charge in [0.2, 0.25) is 5.91 Å². The van der Waals surface area contributed by atoms with Gasteiger partial charge in [-0.1, -0.05) is 0 Å².